The highest BCUT2D eigenvalue weighted by molar-refractivity contribution is 7.89. The van der Waals surface area contributed by atoms with Gasteiger partial charge >= 0.3 is 5.97 Å². The van der Waals surface area contributed by atoms with Crippen LogP contribution in [0.25, 0.3) is 0 Å². The van der Waals surface area contributed by atoms with Gasteiger partial charge in [0.05, 0.1) is 9.95 Å². The Kier molecular flexibility index (Phi) is 5.00. The molecule has 1 atom stereocenters. The molecule has 0 aromatic heterocycles. The van der Waals surface area contributed by atoms with Crippen LogP contribution in [0.4, 0.5) is 5.69 Å². The van der Waals surface area contributed by atoms with Crippen LogP contribution in [-0.4, -0.2) is 42.2 Å². The molecule has 0 saturated carbocycles. The van der Waals surface area contributed by atoms with Gasteiger partial charge in [-0.2, -0.15) is 0 Å². The van der Waals surface area contributed by atoms with Crippen molar-refractivity contribution in [3.63, 3.8) is 0 Å². The van der Waals surface area contributed by atoms with Crippen molar-refractivity contribution in [3.05, 3.63) is 33.3 Å². The summed E-state index contributed by atoms with van der Waals surface area (Å²) in [4.78, 5) is 19.6. The van der Waals surface area contributed by atoms with Gasteiger partial charge in [0.15, 0.2) is 6.10 Å². The summed E-state index contributed by atoms with van der Waals surface area (Å²) in [6.07, 6.45) is -1.92. The van der Waals surface area contributed by atoms with Gasteiger partial charge in [-0.15, -0.1) is 0 Å². The number of halogens is 1. The molecular weight excluding hydrogens is 316 g/mol. The molecule has 1 aromatic carbocycles. The summed E-state index contributed by atoms with van der Waals surface area (Å²) in [5.41, 5.74) is -0.389. The summed E-state index contributed by atoms with van der Waals surface area (Å²) in [7, 11) is -4.19. The largest absolute Gasteiger partial charge is 0.479 e. The Labute approximate surface area is 118 Å². The number of benzene rings is 1. The maximum Gasteiger partial charge on any atom is 0.333 e. The average molecular weight is 325 g/mol. The summed E-state index contributed by atoms with van der Waals surface area (Å²) in [6, 6.07) is 2.70. The molecule has 20 heavy (non-hydrogen) atoms. The first-order valence-electron chi connectivity index (χ1n) is 4.99. The zero-order chi connectivity index (χ0) is 15.5. The molecule has 0 aliphatic heterocycles. The van der Waals surface area contributed by atoms with E-state index >= 15 is 0 Å². The van der Waals surface area contributed by atoms with Crippen LogP contribution in [0.2, 0.25) is 5.02 Å². The van der Waals surface area contributed by atoms with E-state index in [1.54, 1.807) is 0 Å². The van der Waals surface area contributed by atoms with Crippen LogP contribution in [0, 0.1) is 10.1 Å². The van der Waals surface area contributed by atoms with E-state index in [1.807, 2.05) is 4.72 Å². The minimum atomic E-state index is -4.19. The lowest BCUT2D eigenvalue weighted by atomic mass is 10.3. The molecule has 0 bridgehead atoms. The monoisotopic (exact) mass is 324 g/mol. The highest BCUT2D eigenvalue weighted by Crippen LogP contribution is 2.25. The Morgan fingerprint density at radius 3 is 2.55 bits per heavy atom. The van der Waals surface area contributed by atoms with E-state index in [0.717, 1.165) is 18.2 Å². The highest BCUT2D eigenvalue weighted by atomic mass is 35.5. The first-order valence-corrected chi connectivity index (χ1v) is 6.85. The third-order valence-corrected chi connectivity index (χ3v) is 4.07. The molecule has 1 rings (SSSR count). The minimum Gasteiger partial charge on any atom is -0.479 e. The van der Waals surface area contributed by atoms with Crippen LogP contribution in [0.5, 0.6) is 0 Å². The molecule has 0 aliphatic carbocycles. The number of non-ortho nitro benzene ring substituents is 1. The summed E-state index contributed by atoms with van der Waals surface area (Å²) >= 11 is 5.63. The van der Waals surface area contributed by atoms with E-state index < -0.39 is 43.5 Å². The first kappa shape index (κ1) is 16.3. The number of aliphatic hydroxyl groups is 1. The third kappa shape index (κ3) is 3.87. The number of aliphatic carboxylic acids is 1. The molecule has 0 spiro atoms. The average Bonchev–Trinajstić information content (AvgIpc) is 2.35. The van der Waals surface area contributed by atoms with Gasteiger partial charge in [0, 0.05) is 18.7 Å². The maximum atomic E-state index is 11.8. The lowest BCUT2D eigenvalue weighted by Gasteiger charge is -2.09. The van der Waals surface area contributed by atoms with Crippen molar-refractivity contribution in [2.75, 3.05) is 6.54 Å². The van der Waals surface area contributed by atoms with E-state index in [4.69, 9.17) is 21.8 Å². The number of nitrogens with one attached hydrogen (secondary N) is 1. The molecular formula is C9H9ClN2O7S. The van der Waals surface area contributed by atoms with Crippen molar-refractivity contribution in [2.45, 2.75) is 11.0 Å². The van der Waals surface area contributed by atoms with Gasteiger partial charge in [0.2, 0.25) is 10.0 Å². The van der Waals surface area contributed by atoms with Gasteiger partial charge in [-0.3, -0.25) is 10.1 Å². The van der Waals surface area contributed by atoms with Gasteiger partial charge in [0.1, 0.15) is 4.90 Å². The Balaban J connectivity index is 2.99. The third-order valence-electron chi connectivity index (χ3n) is 2.17. The zero-order valence-corrected chi connectivity index (χ0v) is 11.3. The van der Waals surface area contributed by atoms with Gasteiger partial charge in [-0.25, -0.2) is 17.9 Å². The standard InChI is InChI=1S/C9H9ClN2O7S/c10-6-3-5(12(16)17)1-2-8(6)20(18,19)11-4-7(13)9(14)15/h1-3,7,11,13H,4H2,(H,14,15)/t7-/m0/s1. The second kappa shape index (κ2) is 6.13. The number of rotatable bonds is 6. The van der Waals surface area contributed by atoms with Crippen molar-refractivity contribution in [1.29, 1.82) is 0 Å². The lowest BCUT2D eigenvalue weighted by Crippen LogP contribution is -2.36. The fourth-order valence-electron chi connectivity index (χ4n) is 1.17. The predicted molar refractivity (Wildman–Crippen MR) is 66.9 cm³/mol. The van der Waals surface area contributed by atoms with Crippen LogP contribution < -0.4 is 4.72 Å². The van der Waals surface area contributed by atoms with Crippen LogP contribution in [0.3, 0.4) is 0 Å². The summed E-state index contributed by atoms with van der Waals surface area (Å²) < 4.78 is 25.4. The van der Waals surface area contributed by atoms with Crippen LogP contribution in [0.1, 0.15) is 0 Å². The smallest absolute Gasteiger partial charge is 0.333 e. The Hall–Kier alpha value is -1.75. The normalized spacial score (nSPS) is 12.9. The predicted octanol–water partition coefficient (Wildman–Crippen LogP) is -0.0280. The van der Waals surface area contributed by atoms with Gasteiger partial charge in [-0.1, -0.05) is 11.6 Å². The topological polar surface area (TPSA) is 147 Å². The number of hydrogen-bond acceptors (Lipinski definition) is 6. The second-order valence-electron chi connectivity index (χ2n) is 3.58. The van der Waals surface area contributed by atoms with Crippen molar-refractivity contribution >= 4 is 33.3 Å². The fourth-order valence-corrected chi connectivity index (χ4v) is 2.75. The van der Waals surface area contributed by atoms with Gasteiger partial charge in [-0.05, 0) is 6.07 Å². The molecule has 0 amide bonds. The molecule has 11 heteroatoms. The van der Waals surface area contributed by atoms with Crippen LogP contribution >= 0.6 is 11.6 Å². The number of carboxylic acid groups (broad SMARTS) is 1. The minimum absolute atomic E-state index is 0.389. The van der Waals surface area contributed by atoms with E-state index in [2.05, 4.69) is 0 Å². The summed E-state index contributed by atoms with van der Waals surface area (Å²) in [5, 5.41) is 27.5. The van der Waals surface area contributed by atoms with Gasteiger partial charge in [0.25, 0.3) is 5.69 Å². The van der Waals surface area contributed by atoms with E-state index in [-0.39, 0.29) is 5.69 Å². The molecule has 110 valence electrons. The Morgan fingerprint density at radius 2 is 2.10 bits per heavy atom. The van der Waals surface area contributed by atoms with Crippen molar-refractivity contribution < 1.29 is 28.3 Å². The second-order valence-corrected chi connectivity index (χ2v) is 5.72. The molecule has 0 unspecified atom stereocenters. The number of hydrogen-bond donors (Lipinski definition) is 3. The van der Waals surface area contributed by atoms with Crippen LogP contribution in [-0.2, 0) is 14.8 Å². The van der Waals surface area contributed by atoms with Crippen molar-refractivity contribution in [2.24, 2.45) is 0 Å². The van der Waals surface area contributed by atoms with Gasteiger partial charge < -0.3 is 10.2 Å². The van der Waals surface area contributed by atoms with E-state index in [1.165, 1.54) is 0 Å². The summed E-state index contributed by atoms with van der Waals surface area (Å²) in [5.74, 6) is -1.59. The number of nitrogens with zero attached hydrogens (tertiary/aromatic N) is 1. The molecule has 9 nitrogen and oxygen atoms in total. The fraction of sp³-hybridized carbons (Fsp3) is 0.222. The number of carbonyl (C=O) groups is 1. The number of aliphatic hydroxyl groups excluding tert-OH is 1. The van der Waals surface area contributed by atoms with Crippen LogP contribution in [0.15, 0.2) is 23.1 Å². The summed E-state index contributed by atoms with van der Waals surface area (Å²) in [6.45, 7) is -0.759. The van der Waals surface area contributed by atoms with Crippen molar-refractivity contribution in [3.8, 4) is 0 Å². The SMILES string of the molecule is O=C(O)[C@@H](O)CNS(=O)(=O)c1ccc([N+](=O)[O-])cc1Cl. The molecule has 0 aliphatic rings. The number of sulfonamides is 1. The Morgan fingerprint density at radius 1 is 1.50 bits per heavy atom. The lowest BCUT2D eigenvalue weighted by molar-refractivity contribution is -0.384. The molecule has 0 heterocycles. The van der Waals surface area contributed by atoms with Crippen molar-refractivity contribution in [1.82, 2.24) is 4.72 Å². The molecule has 0 radical (unpaired) electrons. The number of nitro benzene ring substituents is 1. The van der Waals surface area contributed by atoms with E-state index in [9.17, 15) is 23.3 Å². The molecule has 3 N–H and O–H groups in total. The van der Waals surface area contributed by atoms with E-state index in [0.29, 0.717) is 0 Å². The molecule has 1 aromatic rings. The Bertz CT molecular complexity index is 646. The zero-order valence-electron chi connectivity index (χ0n) is 9.69. The quantitative estimate of drug-likeness (QED) is 0.491. The number of carboxylic acids is 1. The number of nitro groups is 1. The molecule has 0 fully saturated rings. The molecule has 0 saturated heterocycles. The first-order chi connectivity index (χ1) is 9.15. The maximum absolute atomic E-state index is 11.8. The highest BCUT2D eigenvalue weighted by Gasteiger charge is 2.23.